The van der Waals surface area contributed by atoms with Crippen LogP contribution in [-0.4, -0.2) is 54.0 Å². The second-order valence-corrected chi connectivity index (χ2v) is 7.89. The molecule has 1 N–H and O–H groups in total. The van der Waals surface area contributed by atoms with E-state index in [1.54, 1.807) is 18.0 Å². The fraction of sp³-hybridized carbons (Fsp3) is 0.600. The van der Waals surface area contributed by atoms with Crippen molar-refractivity contribution in [2.75, 3.05) is 20.1 Å². The number of halogens is 3. The van der Waals surface area contributed by atoms with Crippen LogP contribution < -0.4 is 5.32 Å². The van der Waals surface area contributed by atoms with E-state index >= 15 is 0 Å². The SMILES string of the molecule is CC(C)NC(=O)N1C[C@@H](C(=O)N(C)C(C)C)[C@H](c2cccc(C(F)(F)F)c2)C1. The zero-order valence-corrected chi connectivity index (χ0v) is 16.9. The standard InChI is InChI=1S/C20H28F3N3O2/c1-12(2)24-19(28)26-10-16(17(11-26)18(27)25(5)13(3)4)14-7-6-8-15(9-14)20(21,22)23/h6-9,12-13,16-17H,10-11H2,1-5H3,(H,24,28)/t16-,17+/m0/s1. The number of benzene rings is 1. The third-order valence-corrected chi connectivity index (χ3v) is 5.10. The van der Waals surface area contributed by atoms with Crippen LogP contribution in [0, 0.1) is 5.92 Å². The maximum absolute atomic E-state index is 13.1. The maximum atomic E-state index is 13.1. The fourth-order valence-electron chi connectivity index (χ4n) is 3.36. The van der Waals surface area contributed by atoms with Crippen LogP contribution in [0.5, 0.6) is 0 Å². The Kier molecular flexibility index (Phi) is 6.62. The average molecular weight is 399 g/mol. The normalized spacial score (nSPS) is 20.0. The summed E-state index contributed by atoms with van der Waals surface area (Å²) in [6.45, 7) is 7.77. The van der Waals surface area contributed by atoms with Gasteiger partial charge in [0.2, 0.25) is 5.91 Å². The van der Waals surface area contributed by atoms with Crippen molar-refractivity contribution in [1.29, 1.82) is 0 Å². The monoisotopic (exact) mass is 399 g/mol. The largest absolute Gasteiger partial charge is 0.416 e. The molecule has 0 unspecified atom stereocenters. The molecule has 2 atom stereocenters. The summed E-state index contributed by atoms with van der Waals surface area (Å²) >= 11 is 0. The second kappa shape index (κ2) is 8.41. The summed E-state index contributed by atoms with van der Waals surface area (Å²) in [5.41, 5.74) is -0.330. The van der Waals surface area contributed by atoms with Gasteiger partial charge in [0.15, 0.2) is 0 Å². The molecule has 5 nitrogen and oxygen atoms in total. The van der Waals surface area contributed by atoms with Crippen molar-refractivity contribution < 1.29 is 22.8 Å². The van der Waals surface area contributed by atoms with Gasteiger partial charge >= 0.3 is 12.2 Å². The predicted molar refractivity (Wildman–Crippen MR) is 101 cm³/mol. The highest BCUT2D eigenvalue weighted by Crippen LogP contribution is 2.37. The van der Waals surface area contributed by atoms with E-state index in [0.717, 1.165) is 12.1 Å². The number of hydrogen-bond acceptors (Lipinski definition) is 2. The van der Waals surface area contributed by atoms with Crippen molar-refractivity contribution in [3.8, 4) is 0 Å². The Labute approximate surface area is 163 Å². The van der Waals surface area contributed by atoms with Crippen molar-refractivity contribution in [3.05, 3.63) is 35.4 Å². The topological polar surface area (TPSA) is 52.7 Å². The number of likely N-dealkylation sites (tertiary alicyclic amines) is 1. The number of amides is 3. The Balaban J connectivity index is 2.37. The molecular weight excluding hydrogens is 371 g/mol. The van der Waals surface area contributed by atoms with Gasteiger partial charge in [-0.15, -0.1) is 0 Å². The lowest BCUT2D eigenvalue weighted by Crippen LogP contribution is -2.43. The van der Waals surface area contributed by atoms with Crippen molar-refractivity contribution in [2.45, 2.75) is 51.9 Å². The molecule has 0 aliphatic carbocycles. The van der Waals surface area contributed by atoms with Gasteiger partial charge in [0.25, 0.3) is 0 Å². The molecular formula is C20H28F3N3O2. The van der Waals surface area contributed by atoms with Crippen LogP contribution in [0.15, 0.2) is 24.3 Å². The molecule has 0 aromatic heterocycles. The Hall–Kier alpha value is -2.25. The number of urea groups is 1. The molecule has 0 bridgehead atoms. The van der Waals surface area contributed by atoms with Crippen molar-refractivity contribution in [1.82, 2.24) is 15.1 Å². The zero-order chi connectivity index (χ0) is 21.2. The van der Waals surface area contributed by atoms with Gasteiger partial charge in [-0.05, 0) is 39.3 Å². The summed E-state index contributed by atoms with van der Waals surface area (Å²) in [6, 6.07) is 4.61. The molecule has 2 rings (SSSR count). The molecule has 0 radical (unpaired) electrons. The number of hydrogen-bond donors (Lipinski definition) is 1. The Morgan fingerprint density at radius 3 is 2.36 bits per heavy atom. The number of nitrogens with zero attached hydrogens (tertiary/aromatic N) is 2. The molecule has 1 saturated heterocycles. The smallest absolute Gasteiger partial charge is 0.343 e. The number of alkyl halides is 3. The molecule has 1 heterocycles. The van der Waals surface area contributed by atoms with Crippen molar-refractivity contribution in [2.24, 2.45) is 5.92 Å². The highest BCUT2D eigenvalue weighted by atomic mass is 19.4. The highest BCUT2D eigenvalue weighted by molar-refractivity contribution is 5.83. The van der Waals surface area contributed by atoms with Gasteiger partial charge in [-0.1, -0.05) is 18.2 Å². The second-order valence-electron chi connectivity index (χ2n) is 7.89. The van der Waals surface area contributed by atoms with Crippen LogP contribution in [0.25, 0.3) is 0 Å². The number of carbonyl (C=O) groups is 2. The lowest BCUT2D eigenvalue weighted by molar-refractivity contribution is -0.137. The Morgan fingerprint density at radius 1 is 1.18 bits per heavy atom. The minimum absolute atomic E-state index is 0.0480. The van der Waals surface area contributed by atoms with Crippen molar-refractivity contribution >= 4 is 11.9 Å². The molecule has 3 amide bonds. The molecule has 1 aromatic rings. The first-order valence-electron chi connectivity index (χ1n) is 9.41. The first-order chi connectivity index (χ1) is 12.9. The Morgan fingerprint density at radius 2 is 1.82 bits per heavy atom. The Bertz CT molecular complexity index is 719. The first kappa shape index (κ1) is 22.0. The number of carbonyl (C=O) groups excluding carboxylic acids is 2. The average Bonchev–Trinajstić information content (AvgIpc) is 3.04. The van der Waals surface area contributed by atoms with Gasteiger partial charge < -0.3 is 15.1 Å². The quantitative estimate of drug-likeness (QED) is 0.839. The molecule has 156 valence electrons. The molecule has 0 saturated carbocycles. The third kappa shape index (κ3) is 4.97. The molecule has 1 aliphatic heterocycles. The summed E-state index contributed by atoms with van der Waals surface area (Å²) in [5, 5.41) is 2.79. The maximum Gasteiger partial charge on any atom is 0.416 e. The number of nitrogens with one attached hydrogen (secondary N) is 1. The van der Waals surface area contributed by atoms with Crippen LogP contribution >= 0.6 is 0 Å². The molecule has 0 spiro atoms. The molecule has 28 heavy (non-hydrogen) atoms. The lowest BCUT2D eigenvalue weighted by atomic mass is 9.87. The van der Waals surface area contributed by atoms with Crippen LogP contribution in [0.2, 0.25) is 0 Å². The van der Waals surface area contributed by atoms with E-state index in [1.165, 1.54) is 11.0 Å². The molecule has 1 fully saturated rings. The molecule has 1 aliphatic rings. The predicted octanol–water partition coefficient (Wildman–Crippen LogP) is 3.71. The molecule has 1 aromatic carbocycles. The van der Waals surface area contributed by atoms with Crippen LogP contribution in [0.3, 0.4) is 0 Å². The van der Waals surface area contributed by atoms with E-state index in [-0.39, 0.29) is 37.1 Å². The van der Waals surface area contributed by atoms with E-state index in [0.29, 0.717) is 5.56 Å². The summed E-state index contributed by atoms with van der Waals surface area (Å²) < 4.78 is 39.4. The van der Waals surface area contributed by atoms with E-state index in [9.17, 15) is 22.8 Å². The van der Waals surface area contributed by atoms with Gasteiger partial charge in [-0.3, -0.25) is 4.79 Å². The van der Waals surface area contributed by atoms with E-state index in [2.05, 4.69) is 5.32 Å². The first-order valence-corrected chi connectivity index (χ1v) is 9.41. The summed E-state index contributed by atoms with van der Waals surface area (Å²) in [4.78, 5) is 28.5. The van der Waals surface area contributed by atoms with Gasteiger partial charge in [0.05, 0.1) is 11.5 Å². The highest BCUT2D eigenvalue weighted by Gasteiger charge is 2.42. The van der Waals surface area contributed by atoms with Crippen LogP contribution in [-0.2, 0) is 11.0 Å². The summed E-state index contributed by atoms with van der Waals surface area (Å²) in [7, 11) is 1.67. The molecule has 8 heteroatoms. The summed E-state index contributed by atoms with van der Waals surface area (Å²) in [5.74, 6) is -1.25. The van der Waals surface area contributed by atoms with Gasteiger partial charge in [0, 0.05) is 38.1 Å². The fourth-order valence-corrected chi connectivity index (χ4v) is 3.36. The van der Waals surface area contributed by atoms with Crippen LogP contribution in [0.4, 0.5) is 18.0 Å². The van der Waals surface area contributed by atoms with E-state index in [4.69, 9.17) is 0 Å². The third-order valence-electron chi connectivity index (χ3n) is 5.10. The minimum atomic E-state index is -4.46. The zero-order valence-electron chi connectivity index (χ0n) is 16.9. The number of rotatable bonds is 4. The van der Waals surface area contributed by atoms with E-state index in [1.807, 2.05) is 27.7 Å². The van der Waals surface area contributed by atoms with Crippen molar-refractivity contribution in [3.63, 3.8) is 0 Å². The van der Waals surface area contributed by atoms with Crippen LogP contribution in [0.1, 0.15) is 44.7 Å². The van der Waals surface area contributed by atoms with Gasteiger partial charge in [-0.2, -0.15) is 13.2 Å². The minimum Gasteiger partial charge on any atom is -0.343 e. The lowest BCUT2D eigenvalue weighted by Gasteiger charge is -2.27. The summed E-state index contributed by atoms with van der Waals surface area (Å²) in [6.07, 6.45) is -4.46. The van der Waals surface area contributed by atoms with Gasteiger partial charge in [-0.25, -0.2) is 4.79 Å². The van der Waals surface area contributed by atoms with E-state index < -0.39 is 23.6 Å². The van der Waals surface area contributed by atoms with Gasteiger partial charge in [0.1, 0.15) is 0 Å².